The summed E-state index contributed by atoms with van der Waals surface area (Å²) in [5, 5.41) is 4.14. The Balaban J connectivity index is 1.50. The van der Waals surface area contributed by atoms with Gasteiger partial charge in [0.15, 0.2) is 23.3 Å². The molecule has 3 rings (SSSR count). The van der Waals surface area contributed by atoms with E-state index in [1.54, 1.807) is 12.1 Å². The highest BCUT2D eigenvalue weighted by Crippen LogP contribution is 2.15. The van der Waals surface area contributed by atoms with E-state index in [4.69, 9.17) is 0 Å². The Bertz CT molecular complexity index is 908. The predicted molar refractivity (Wildman–Crippen MR) is 107 cm³/mol. The van der Waals surface area contributed by atoms with E-state index in [-0.39, 0.29) is 12.1 Å². The standard InChI is InChI=1S/C24H24F4N2/c1-15(19-7-9-21(25)23(27)11-19)29-13-17-3-5-18(6-4-17)14-30-16(2)20-8-10-22(26)24(28)12-20/h3-12,15-16,29-30H,13-14H2,1-2H3/p+2/t15-,16-/m1/s1. The predicted octanol–water partition coefficient (Wildman–Crippen LogP) is 3.89. The van der Waals surface area contributed by atoms with Crippen molar-refractivity contribution in [3.63, 3.8) is 0 Å². The first-order chi connectivity index (χ1) is 14.3. The summed E-state index contributed by atoms with van der Waals surface area (Å²) in [6.07, 6.45) is 0. The number of hydrogen-bond acceptors (Lipinski definition) is 0. The second kappa shape index (κ2) is 9.87. The van der Waals surface area contributed by atoms with Crippen LogP contribution in [0.5, 0.6) is 0 Å². The van der Waals surface area contributed by atoms with Gasteiger partial charge in [-0.2, -0.15) is 0 Å². The molecule has 0 fully saturated rings. The minimum Gasteiger partial charge on any atom is -0.337 e. The molecule has 0 amide bonds. The highest BCUT2D eigenvalue weighted by Gasteiger charge is 2.13. The smallest absolute Gasteiger partial charge is 0.159 e. The summed E-state index contributed by atoms with van der Waals surface area (Å²) in [7, 11) is 0. The summed E-state index contributed by atoms with van der Waals surface area (Å²) < 4.78 is 52.9. The molecule has 3 aromatic rings. The molecule has 0 saturated carbocycles. The van der Waals surface area contributed by atoms with Crippen LogP contribution in [0.1, 0.15) is 48.2 Å². The SMILES string of the molecule is C[C@@H]([NH2+]Cc1ccc(C[NH2+][C@H](C)c2ccc(F)c(F)c2)cc1)c1ccc(F)c(F)c1. The topological polar surface area (TPSA) is 33.2 Å². The fourth-order valence-electron chi connectivity index (χ4n) is 3.30. The average Bonchev–Trinajstić information content (AvgIpc) is 2.74. The number of halogens is 4. The van der Waals surface area contributed by atoms with E-state index in [0.29, 0.717) is 0 Å². The van der Waals surface area contributed by atoms with Crippen molar-refractivity contribution < 1.29 is 28.2 Å². The molecule has 0 radical (unpaired) electrons. The molecule has 0 heterocycles. The van der Waals surface area contributed by atoms with Gasteiger partial charge in [-0.1, -0.05) is 24.3 Å². The first-order valence-corrected chi connectivity index (χ1v) is 9.98. The van der Waals surface area contributed by atoms with Crippen LogP contribution in [-0.2, 0) is 13.1 Å². The average molecular weight is 418 g/mol. The maximum atomic E-state index is 13.4. The molecule has 3 aromatic carbocycles. The molecule has 4 N–H and O–H groups in total. The Kier molecular flexibility index (Phi) is 7.24. The van der Waals surface area contributed by atoms with Crippen LogP contribution >= 0.6 is 0 Å². The summed E-state index contributed by atoms with van der Waals surface area (Å²) in [5.74, 6) is -3.33. The quantitative estimate of drug-likeness (QED) is 0.521. The van der Waals surface area contributed by atoms with E-state index < -0.39 is 23.3 Å². The number of nitrogens with two attached hydrogens (primary N) is 2. The molecule has 0 aliphatic rings. The maximum Gasteiger partial charge on any atom is 0.159 e. The lowest BCUT2D eigenvalue weighted by atomic mass is 10.1. The van der Waals surface area contributed by atoms with E-state index >= 15 is 0 Å². The molecule has 0 saturated heterocycles. The molecule has 0 bridgehead atoms. The van der Waals surface area contributed by atoms with Crippen molar-refractivity contribution in [3.8, 4) is 0 Å². The van der Waals surface area contributed by atoms with Crippen molar-refractivity contribution in [3.05, 3.63) is 106 Å². The summed E-state index contributed by atoms with van der Waals surface area (Å²) in [5.41, 5.74) is 3.74. The Morgan fingerprint density at radius 3 is 1.27 bits per heavy atom. The van der Waals surface area contributed by atoms with Crippen molar-refractivity contribution in [1.82, 2.24) is 0 Å². The fourth-order valence-corrected chi connectivity index (χ4v) is 3.30. The molecule has 158 valence electrons. The second-order valence-electron chi connectivity index (χ2n) is 7.62. The highest BCUT2D eigenvalue weighted by molar-refractivity contribution is 5.22. The number of rotatable bonds is 8. The van der Waals surface area contributed by atoms with E-state index in [0.717, 1.165) is 47.5 Å². The Morgan fingerprint density at radius 1 is 0.567 bits per heavy atom. The zero-order chi connectivity index (χ0) is 21.7. The molecule has 30 heavy (non-hydrogen) atoms. The monoisotopic (exact) mass is 418 g/mol. The highest BCUT2D eigenvalue weighted by atomic mass is 19.2. The van der Waals surface area contributed by atoms with E-state index in [2.05, 4.69) is 10.6 Å². The molecule has 0 aliphatic carbocycles. The Labute approximate surface area is 173 Å². The summed E-state index contributed by atoms with van der Waals surface area (Å²) in [6, 6.07) is 16.2. The van der Waals surface area contributed by atoms with Gasteiger partial charge in [0.1, 0.15) is 25.2 Å². The van der Waals surface area contributed by atoms with Gasteiger partial charge in [-0.05, 0) is 50.2 Å². The third-order valence-corrected chi connectivity index (χ3v) is 5.38. The maximum absolute atomic E-state index is 13.4. The molecule has 0 aliphatic heterocycles. The minimum atomic E-state index is -0.836. The van der Waals surface area contributed by atoms with Gasteiger partial charge in [0.2, 0.25) is 0 Å². The number of quaternary nitrogens is 2. The molecule has 0 unspecified atom stereocenters. The van der Waals surface area contributed by atoms with Crippen molar-refractivity contribution in [1.29, 1.82) is 0 Å². The number of hydrogen-bond donors (Lipinski definition) is 2. The Hall–Kier alpha value is -2.70. The van der Waals surface area contributed by atoms with Crippen molar-refractivity contribution in [2.75, 3.05) is 0 Å². The van der Waals surface area contributed by atoms with Crippen LogP contribution in [0.15, 0.2) is 60.7 Å². The number of benzene rings is 3. The third kappa shape index (κ3) is 5.68. The third-order valence-electron chi connectivity index (χ3n) is 5.38. The van der Waals surface area contributed by atoms with Crippen LogP contribution in [0.4, 0.5) is 17.6 Å². The normalized spacial score (nSPS) is 13.3. The molecule has 0 aromatic heterocycles. The largest absolute Gasteiger partial charge is 0.337 e. The molecule has 2 nitrogen and oxygen atoms in total. The van der Waals surface area contributed by atoms with Gasteiger partial charge in [0.05, 0.1) is 0 Å². The van der Waals surface area contributed by atoms with Crippen LogP contribution < -0.4 is 10.6 Å². The van der Waals surface area contributed by atoms with E-state index in [1.165, 1.54) is 12.1 Å². The fraction of sp³-hybridized carbons (Fsp3) is 0.250. The lowest BCUT2D eigenvalue weighted by molar-refractivity contribution is -0.708. The van der Waals surface area contributed by atoms with Gasteiger partial charge in [0.25, 0.3) is 0 Å². The van der Waals surface area contributed by atoms with E-state index in [1.807, 2.05) is 38.1 Å². The van der Waals surface area contributed by atoms with Crippen LogP contribution in [0.3, 0.4) is 0 Å². The molecule has 6 heteroatoms. The van der Waals surface area contributed by atoms with Crippen LogP contribution in [0, 0.1) is 23.3 Å². The molecule has 0 spiro atoms. The summed E-state index contributed by atoms with van der Waals surface area (Å²) in [6.45, 7) is 5.34. The van der Waals surface area contributed by atoms with Gasteiger partial charge in [-0.25, -0.2) is 17.6 Å². The van der Waals surface area contributed by atoms with Crippen LogP contribution in [0.2, 0.25) is 0 Å². The summed E-state index contributed by atoms with van der Waals surface area (Å²) in [4.78, 5) is 0. The van der Waals surface area contributed by atoms with Crippen LogP contribution in [-0.4, -0.2) is 0 Å². The summed E-state index contributed by atoms with van der Waals surface area (Å²) >= 11 is 0. The van der Waals surface area contributed by atoms with Crippen LogP contribution in [0.25, 0.3) is 0 Å². The molecule has 2 atom stereocenters. The lowest BCUT2D eigenvalue weighted by Gasteiger charge is -2.13. The zero-order valence-corrected chi connectivity index (χ0v) is 17.0. The zero-order valence-electron chi connectivity index (χ0n) is 17.0. The molecular formula is C24H26F4N2+2. The van der Waals surface area contributed by atoms with Crippen molar-refractivity contribution >= 4 is 0 Å². The van der Waals surface area contributed by atoms with Gasteiger partial charge >= 0.3 is 0 Å². The van der Waals surface area contributed by atoms with Crippen molar-refractivity contribution in [2.45, 2.75) is 39.0 Å². The van der Waals surface area contributed by atoms with Crippen molar-refractivity contribution in [2.24, 2.45) is 0 Å². The second-order valence-corrected chi connectivity index (χ2v) is 7.62. The van der Waals surface area contributed by atoms with E-state index in [9.17, 15) is 17.6 Å². The lowest BCUT2D eigenvalue weighted by Crippen LogP contribution is -2.83. The van der Waals surface area contributed by atoms with Gasteiger partial charge in [-0.3, -0.25) is 0 Å². The van der Waals surface area contributed by atoms with Gasteiger partial charge < -0.3 is 10.6 Å². The molecular weight excluding hydrogens is 392 g/mol. The first kappa shape index (κ1) is 22.0. The Morgan fingerprint density at radius 2 is 0.933 bits per heavy atom. The van der Waals surface area contributed by atoms with Gasteiger partial charge in [0, 0.05) is 22.3 Å². The minimum absolute atomic E-state index is 0.00469. The van der Waals surface area contributed by atoms with Gasteiger partial charge in [-0.15, -0.1) is 0 Å². The first-order valence-electron chi connectivity index (χ1n) is 9.98.